The lowest BCUT2D eigenvalue weighted by molar-refractivity contribution is -0.160. The van der Waals surface area contributed by atoms with Crippen LogP contribution in [0.1, 0.15) is 45.8 Å². The molecule has 0 aliphatic heterocycles. The van der Waals surface area contributed by atoms with E-state index in [1.165, 1.54) is 14.2 Å². The highest BCUT2D eigenvalue weighted by Crippen LogP contribution is 2.42. The summed E-state index contributed by atoms with van der Waals surface area (Å²) in [5.74, 6) is -4.73. The molecule has 0 unspecified atom stereocenters. The van der Waals surface area contributed by atoms with Crippen molar-refractivity contribution < 1.29 is 23.9 Å². The number of ketones is 1. The number of benzene rings is 3. The number of Topliss-reactive ketones (excluding diaryl/α,β-unsaturated/α-hetero) is 1. The molecule has 34 heavy (non-hydrogen) atoms. The van der Waals surface area contributed by atoms with Gasteiger partial charge in [0.25, 0.3) is 0 Å². The van der Waals surface area contributed by atoms with Gasteiger partial charge in [-0.2, -0.15) is 0 Å². The Balaban J connectivity index is 2.25. The van der Waals surface area contributed by atoms with Gasteiger partial charge in [-0.15, -0.1) is 0 Å². The summed E-state index contributed by atoms with van der Waals surface area (Å²) in [6, 6.07) is 23.8. The summed E-state index contributed by atoms with van der Waals surface area (Å²) < 4.78 is 10.8. The van der Waals surface area contributed by atoms with Crippen LogP contribution in [-0.4, -0.2) is 31.9 Å². The highest BCUT2D eigenvalue weighted by molar-refractivity contribution is 9.10. The van der Waals surface area contributed by atoms with Crippen molar-refractivity contribution in [3.05, 3.63) is 106 Å². The van der Waals surface area contributed by atoms with Crippen molar-refractivity contribution in [1.29, 1.82) is 0 Å². The molecule has 0 saturated heterocycles. The van der Waals surface area contributed by atoms with Gasteiger partial charge >= 0.3 is 11.9 Å². The van der Waals surface area contributed by atoms with E-state index in [1.54, 1.807) is 24.3 Å². The van der Waals surface area contributed by atoms with Gasteiger partial charge in [-0.1, -0.05) is 89.6 Å². The van der Waals surface area contributed by atoms with Gasteiger partial charge in [0.15, 0.2) is 11.7 Å². The van der Waals surface area contributed by atoms with Crippen LogP contribution in [0.4, 0.5) is 0 Å². The Bertz CT molecular complexity index is 1110. The minimum Gasteiger partial charge on any atom is -0.468 e. The van der Waals surface area contributed by atoms with Crippen molar-refractivity contribution in [3.8, 4) is 0 Å². The van der Waals surface area contributed by atoms with Crippen molar-refractivity contribution in [1.82, 2.24) is 0 Å². The average molecular weight is 523 g/mol. The van der Waals surface area contributed by atoms with Gasteiger partial charge in [-0.05, 0) is 35.2 Å². The summed E-state index contributed by atoms with van der Waals surface area (Å²) in [5, 5.41) is 0. The lowest BCUT2D eigenvalue weighted by Crippen LogP contribution is -2.37. The maximum atomic E-state index is 14.0. The minimum atomic E-state index is -1.33. The molecule has 3 aromatic carbocycles. The Morgan fingerprint density at radius 3 is 1.82 bits per heavy atom. The van der Waals surface area contributed by atoms with Crippen LogP contribution in [0.15, 0.2) is 83.3 Å². The molecule has 0 heterocycles. The van der Waals surface area contributed by atoms with Gasteiger partial charge in [-0.3, -0.25) is 14.4 Å². The van der Waals surface area contributed by atoms with Crippen molar-refractivity contribution >= 4 is 33.7 Å². The van der Waals surface area contributed by atoms with Gasteiger partial charge < -0.3 is 9.47 Å². The summed E-state index contributed by atoms with van der Waals surface area (Å²) >= 11 is 3.43. The normalized spacial score (nSPS) is 12.6. The number of hydrogen-bond donors (Lipinski definition) is 0. The van der Waals surface area contributed by atoms with E-state index >= 15 is 0 Å². The van der Waals surface area contributed by atoms with Gasteiger partial charge in [0.2, 0.25) is 0 Å². The predicted molar refractivity (Wildman–Crippen MR) is 134 cm³/mol. The Morgan fingerprint density at radius 2 is 1.32 bits per heavy atom. The Kier molecular flexibility index (Phi) is 8.77. The predicted octanol–water partition coefficient (Wildman–Crippen LogP) is 5.72. The monoisotopic (exact) mass is 522 g/mol. The maximum Gasteiger partial charge on any atom is 0.320 e. The molecule has 3 rings (SSSR count). The molecule has 0 radical (unpaired) electrons. The van der Waals surface area contributed by atoms with Crippen LogP contribution < -0.4 is 0 Å². The second-order valence-corrected chi connectivity index (χ2v) is 8.82. The second kappa shape index (κ2) is 11.7. The largest absolute Gasteiger partial charge is 0.468 e. The van der Waals surface area contributed by atoms with E-state index in [4.69, 9.17) is 9.47 Å². The molecule has 176 valence electrons. The molecule has 6 heteroatoms. The van der Waals surface area contributed by atoms with E-state index < -0.39 is 29.7 Å². The zero-order valence-electron chi connectivity index (χ0n) is 19.4. The maximum absolute atomic E-state index is 14.0. The van der Waals surface area contributed by atoms with Crippen LogP contribution in [-0.2, 0) is 25.5 Å². The van der Waals surface area contributed by atoms with Gasteiger partial charge in [-0.25, -0.2) is 0 Å². The SMILES string of the molecule is CCc1ccc(C(=O)[C@@H](c2ccccc2)[C@@H](c2ccc(Br)cc2)C(C(=O)OC)C(=O)OC)cc1. The average Bonchev–Trinajstić information content (AvgIpc) is 2.88. The number of hydrogen-bond acceptors (Lipinski definition) is 5. The van der Waals surface area contributed by atoms with Gasteiger partial charge in [0, 0.05) is 16.0 Å². The standard InChI is InChI=1S/C28H27BrO5/c1-4-18-10-12-21(13-11-18)26(30)24(19-8-6-5-7-9-19)23(20-14-16-22(29)17-15-20)25(27(31)33-2)28(32)34-3/h5-17,23-25H,4H2,1-3H3/t23-,24+/m1/s1. The van der Waals surface area contributed by atoms with Crippen LogP contribution in [0.3, 0.4) is 0 Å². The Morgan fingerprint density at radius 1 is 0.765 bits per heavy atom. The third kappa shape index (κ3) is 5.62. The second-order valence-electron chi connectivity index (χ2n) is 7.90. The lowest BCUT2D eigenvalue weighted by Gasteiger charge is -2.31. The fourth-order valence-electron chi connectivity index (χ4n) is 4.17. The first-order chi connectivity index (χ1) is 16.4. The smallest absolute Gasteiger partial charge is 0.320 e. The van der Waals surface area contributed by atoms with Crippen molar-refractivity contribution in [2.75, 3.05) is 14.2 Å². The molecule has 0 saturated carbocycles. The zero-order valence-corrected chi connectivity index (χ0v) is 20.9. The van der Waals surface area contributed by atoms with Crippen LogP contribution in [0.25, 0.3) is 0 Å². The minimum absolute atomic E-state index is 0.195. The molecule has 0 amide bonds. The molecule has 0 fully saturated rings. The van der Waals surface area contributed by atoms with E-state index in [2.05, 4.69) is 15.9 Å². The first-order valence-electron chi connectivity index (χ1n) is 11.0. The summed E-state index contributed by atoms with van der Waals surface area (Å²) in [7, 11) is 2.44. The number of ether oxygens (including phenoxy) is 2. The summed E-state index contributed by atoms with van der Waals surface area (Å²) in [6.45, 7) is 2.05. The summed E-state index contributed by atoms with van der Waals surface area (Å²) in [6.07, 6.45) is 0.852. The van der Waals surface area contributed by atoms with Gasteiger partial charge in [0.1, 0.15) is 0 Å². The third-order valence-electron chi connectivity index (χ3n) is 5.97. The molecule has 0 N–H and O–H groups in total. The molecule has 0 aromatic heterocycles. The molecule has 0 spiro atoms. The molecule has 0 aliphatic carbocycles. The number of methoxy groups -OCH3 is 2. The summed E-state index contributed by atoms with van der Waals surface area (Å²) in [5.41, 5.74) is 2.95. The van der Waals surface area contributed by atoms with Crippen LogP contribution in [0, 0.1) is 5.92 Å². The van der Waals surface area contributed by atoms with Crippen LogP contribution in [0.2, 0.25) is 0 Å². The van der Waals surface area contributed by atoms with Gasteiger partial charge in [0.05, 0.1) is 20.1 Å². The number of halogens is 1. The Labute approximate surface area is 208 Å². The molecular weight excluding hydrogens is 496 g/mol. The lowest BCUT2D eigenvalue weighted by atomic mass is 9.70. The van der Waals surface area contributed by atoms with Crippen LogP contribution in [0.5, 0.6) is 0 Å². The van der Waals surface area contributed by atoms with E-state index in [-0.39, 0.29) is 5.78 Å². The molecule has 3 aromatic rings. The number of carbonyl (C=O) groups is 3. The van der Waals surface area contributed by atoms with Crippen molar-refractivity contribution in [2.24, 2.45) is 5.92 Å². The number of esters is 2. The molecule has 2 atom stereocenters. The molecule has 0 aliphatic rings. The van der Waals surface area contributed by atoms with E-state index in [0.717, 1.165) is 16.5 Å². The molecule has 0 bridgehead atoms. The fourth-order valence-corrected chi connectivity index (χ4v) is 4.44. The highest BCUT2D eigenvalue weighted by Gasteiger charge is 2.45. The topological polar surface area (TPSA) is 69.7 Å². The van der Waals surface area contributed by atoms with Crippen molar-refractivity contribution in [3.63, 3.8) is 0 Å². The first-order valence-corrected chi connectivity index (χ1v) is 11.8. The Hall–Kier alpha value is -3.25. The van der Waals surface area contributed by atoms with E-state index in [0.29, 0.717) is 16.7 Å². The number of carbonyl (C=O) groups excluding carboxylic acids is 3. The van der Waals surface area contributed by atoms with Crippen molar-refractivity contribution in [2.45, 2.75) is 25.2 Å². The molecular formula is C28H27BrO5. The van der Waals surface area contributed by atoms with E-state index in [1.807, 2.05) is 61.5 Å². The third-order valence-corrected chi connectivity index (χ3v) is 6.50. The number of aryl methyl sites for hydroxylation is 1. The first kappa shape index (κ1) is 25.4. The van der Waals surface area contributed by atoms with Crippen LogP contribution >= 0.6 is 15.9 Å². The highest BCUT2D eigenvalue weighted by atomic mass is 79.9. The fraction of sp³-hybridized carbons (Fsp3) is 0.250. The number of rotatable bonds is 9. The summed E-state index contributed by atoms with van der Waals surface area (Å²) in [4.78, 5) is 39.9. The quantitative estimate of drug-likeness (QED) is 0.204. The zero-order chi connectivity index (χ0) is 24.7. The molecule has 5 nitrogen and oxygen atoms in total. The van der Waals surface area contributed by atoms with E-state index in [9.17, 15) is 14.4 Å².